The maximum Gasteiger partial charge on any atom is 0.167 e. The Morgan fingerprint density at radius 3 is 2.72 bits per heavy atom. The summed E-state index contributed by atoms with van der Waals surface area (Å²) in [6.07, 6.45) is 1.72. The zero-order valence-corrected chi connectivity index (χ0v) is 22.2. The highest BCUT2D eigenvalue weighted by Crippen LogP contribution is 2.42. The first-order valence-corrected chi connectivity index (χ1v) is 13.1. The summed E-state index contributed by atoms with van der Waals surface area (Å²) < 4.78 is 39.3. The van der Waals surface area contributed by atoms with Crippen molar-refractivity contribution >= 4 is 28.3 Å². The van der Waals surface area contributed by atoms with Crippen molar-refractivity contribution in [3.8, 4) is 28.3 Å². The van der Waals surface area contributed by atoms with Gasteiger partial charge in [0.05, 0.1) is 60.4 Å². The molecule has 4 aromatic rings. The van der Waals surface area contributed by atoms with Crippen LogP contribution in [-0.4, -0.2) is 71.7 Å². The van der Waals surface area contributed by atoms with Crippen molar-refractivity contribution in [2.75, 3.05) is 38.3 Å². The largest absolute Gasteiger partial charge is 0.494 e. The highest BCUT2D eigenvalue weighted by Gasteiger charge is 2.34. The van der Waals surface area contributed by atoms with Crippen LogP contribution < -0.4 is 15.0 Å². The van der Waals surface area contributed by atoms with Crippen LogP contribution in [-0.2, 0) is 4.74 Å². The Bertz CT molecular complexity index is 1520. The number of pyridine rings is 1. The number of halogens is 3. The van der Waals surface area contributed by atoms with E-state index in [1.807, 2.05) is 6.92 Å². The van der Waals surface area contributed by atoms with Crippen LogP contribution in [0.3, 0.4) is 0 Å². The number of aliphatic hydroxyl groups excluding tert-OH is 1. The van der Waals surface area contributed by atoms with Crippen molar-refractivity contribution in [1.29, 1.82) is 0 Å². The quantitative estimate of drug-likeness (QED) is 0.323. The number of ether oxygens (including phenoxy) is 2. The lowest BCUT2D eigenvalue weighted by Gasteiger charge is -2.41. The zero-order valence-electron chi connectivity index (χ0n) is 21.5. The van der Waals surface area contributed by atoms with Gasteiger partial charge in [-0.15, -0.1) is 0 Å². The molecule has 0 unspecified atom stereocenters. The fourth-order valence-electron chi connectivity index (χ4n) is 5.38. The van der Waals surface area contributed by atoms with E-state index in [-0.39, 0.29) is 22.9 Å². The molecular formula is C28H28ClF2N5O3. The summed E-state index contributed by atoms with van der Waals surface area (Å²) >= 11 is 6.23. The van der Waals surface area contributed by atoms with Crippen LogP contribution in [0.1, 0.15) is 12.1 Å². The molecule has 0 bridgehead atoms. The third-order valence-corrected chi connectivity index (χ3v) is 7.61. The first kappa shape index (κ1) is 25.9. The van der Waals surface area contributed by atoms with Crippen molar-refractivity contribution in [1.82, 2.24) is 20.3 Å². The van der Waals surface area contributed by atoms with Gasteiger partial charge in [-0.05, 0) is 37.1 Å². The fourth-order valence-corrected chi connectivity index (χ4v) is 5.60. The lowest BCUT2D eigenvalue weighted by Crippen LogP contribution is -2.59. The Hall–Kier alpha value is -3.31. The molecule has 0 radical (unpaired) electrons. The first-order chi connectivity index (χ1) is 18.8. The monoisotopic (exact) mass is 555 g/mol. The summed E-state index contributed by atoms with van der Waals surface area (Å²) in [4.78, 5) is 14.7. The van der Waals surface area contributed by atoms with Gasteiger partial charge in [-0.25, -0.2) is 13.8 Å². The van der Waals surface area contributed by atoms with Gasteiger partial charge in [0.2, 0.25) is 0 Å². The second-order valence-electron chi connectivity index (χ2n) is 10.0. The molecule has 204 valence electrons. The van der Waals surface area contributed by atoms with Crippen molar-refractivity contribution < 1.29 is 23.4 Å². The van der Waals surface area contributed by atoms with E-state index in [0.29, 0.717) is 72.0 Å². The molecule has 2 aliphatic heterocycles. The van der Waals surface area contributed by atoms with Crippen LogP contribution in [0.2, 0.25) is 5.02 Å². The maximum atomic E-state index is 14.5. The average Bonchev–Trinajstić information content (AvgIpc) is 3.27. The third kappa shape index (κ3) is 4.93. The van der Waals surface area contributed by atoms with Crippen LogP contribution >= 0.6 is 11.6 Å². The number of benzene rings is 2. The van der Waals surface area contributed by atoms with Crippen LogP contribution in [0.4, 0.5) is 14.5 Å². The SMILES string of the molecule is COc1cc2nc(-c3c(C)ncc(-c4cc(F)cc(Cl)c4)c3N3CC[C@@H](NC4COC4)[C@@H](O)C3)[nH]c2cc1F. The van der Waals surface area contributed by atoms with Crippen molar-refractivity contribution in [3.63, 3.8) is 0 Å². The van der Waals surface area contributed by atoms with Gasteiger partial charge in [0.15, 0.2) is 11.6 Å². The molecule has 0 saturated carbocycles. The average molecular weight is 556 g/mol. The number of imidazole rings is 1. The molecule has 0 amide bonds. The normalized spacial score (nSPS) is 19.9. The molecule has 4 heterocycles. The van der Waals surface area contributed by atoms with Gasteiger partial charge >= 0.3 is 0 Å². The van der Waals surface area contributed by atoms with E-state index in [9.17, 15) is 13.9 Å². The van der Waals surface area contributed by atoms with Gasteiger partial charge in [-0.2, -0.15) is 0 Å². The Morgan fingerprint density at radius 1 is 1.21 bits per heavy atom. The van der Waals surface area contributed by atoms with Crippen LogP contribution in [0, 0.1) is 18.6 Å². The fraction of sp³-hybridized carbons (Fsp3) is 0.357. The number of aliphatic hydroxyl groups is 1. The minimum absolute atomic E-state index is 0.0739. The molecule has 11 heteroatoms. The summed E-state index contributed by atoms with van der Waals surface area (Å²) in [6, 6.07) is 7.39. The summed E-state index contributed by atoms with van der Waals surface area (Å²) in [5, 5.41) is 14.9. The molecule has 0 spiro atoms. The molecule has 39 heavy (non-hydrogen) atoms. The Morgan fingerprint density at radius 2 is 2.03 bits per heavy atom. The van der Waals surface area contributed by atoms with Gasteiger partial charge in [-0.3, -0.25) is 4.98 Å². The van der Waals surface area contributed by atoms with E-state index in [2.05, 4.69) is 20.2 Å². The van der Waals surface area contributed by atoms with Gasteiger partial charge in [0.1, 0.15) is 11.6 Å². The molecule has 6 rings (SSSR count). The third-order valence-electron chi connectivity index (χ3n) is 7.39. The number of fused-ring (bicyclic) bond motifs is 1. The maximum absolute atomic E-state index is 14.5. The van der Waals surface area contributed by atoms with Crippen molar-refractivity contribution in [2.45, 2.75) is 31.5 Å². The number of piperidine rings is 1. The Balaban J connectivity index is 1.48. The van der Waals surface area contributed by atoms with Gasteiger partial charge in [0.25, 0.3) is 0 Å². The summed E-state index contributed by atoms with van der Waals surface area (Å²) in [5.41, 5.74) is 4.30. The molecular weight excluding hydrogens is 528 g/mol. The predicted octanol–water partition coefficient (Wildman–Crippen LogP) is 4.47. The second kappa shape index (κ2) is 10.3. The molecule has 2 aromatic heterocycles. The number of methoxy groups -OCH3 is 1. The number of rotatable bonds is 6. The van der Waals surface area contributed by atoms with Gasteiger partial charge in [-0.1, -0.05) is 11.6 Å². The van der Waals surface area contributed by atoms with E-state index in [4.69, 9.17) is 26.1 Å². The highest BCUT2D eigenvalue weighted by atomic mass is 35.5. The first-order valence-electron chi connectivity index (χ1n) is 12.8. The van der Waals surface area contributed by atoms with E-state index < -0.39 is 17.7 Å². The van der Waals surface area contributed by atoms with E-state index >= 15 is 0 Å². The summed E-state index contributed by atoms with van der Waals surface area (Å²) in [6.45, 7) is 4.10. The number of β-amino-alcohol motifs (C(OH)–C–C–N with tert-alkyl or cyclic N) is 1. The van der Waals surface area contributed by atoms with E-state index in [1.165, 1.54) is 31.4 Å². The number of H-pyrrole nitrogens is 1. The highest BCUT2D eigenvalue weighted by molar-refractivity contribution is 6.30. The second-order valence-corrected chi connectivity index (χ2v) is 10.5. The van der Waals surface area contributed by atoms with Crippen LogP contribution in [0.15, 0.2) is 36.5 Å². The van der Waals surface area contributed by atoms with Crippen LogP contribution in [0.25, 0.3) is 33.5 Å². The molecule has 8 nitrogen and oxygen atoms in total. The number of anilines is 1. The summed E-state index contributed by atoms with van der Waals surface area (Å²) in [7, 11) is 1.40. The Labute approximate surface area is 228 Å². The number of nitrogens with zero attached hydrogens (tertiary/aromatic N) is 3. The number of aromatic nitrogens is 3. The number of aryl methyl sites for hydroxylation is 1. The standard InChI is InChI=1S/C28H28ClF2N5O3/c1-14-26(28-34-22-8-20(31)25(38-2)9-23(22)35-28)27(19(10-32-14)15-5-16(29)7-17(30)6-15)36-4-3-21(24(37)11-36)33-18-12-39-13-18/h5-10,18,21,24,33,37H,3-4,11-13H2,1-2H3,(H,34,35)/t21-,24+/m1/s1. The zero-order chi connectivity index (χ0) is 27.3. The van der Waals surface area contributed by atoms with Crippen LogP contribution in [0.5, 0.6) is 5.75 Å². The number of nitrogens with one attached hydrogen (secondary N) is 2. The lowest BCUT2D eigenvalue weighted by atomic mass is 9.95. The molecule has 3 N–H and O–H groups in total. The molecule has 2 aliphatic rings. The van der Waals surface area contributed by atoms with Crippen molar-refractivity contribution in [2.24, 2.45) is 0 Å². The minimum atomic E-state index is -0.654. The molecule has 2 saturated heterocycles. The molecule has 2 atom stereocenters. The van der Waals surface area contributed by atoms with E-state index in [1.54, 1.807) is 12.3 Å². The molecule has 0 aliphatic carbocycles. The Kier molecular flexibility index (Phi) is 6.88. The van der Waals surface area contributed by atoms with Gasteiger partial charge in [0, 0.05) is 48.0 Å². The predicted molar refractivity (Wildman–Crippen MR) is 145 cm³/mol. The number of hydrogen-bond donors (Lipinski definition) is 3. The number of hydrogen-bond acceptors (Lipinski definition) is 7. The van der Waals surface area contributed by atoms with Crippen molar-refractivity contribution in [3.05, 3.63) is 58.9 Å². The number of aromatic amines is 1. The smallest absolute Gasteiger partial charge is 0.167 e. The topological polar surface area (TPSA) is 95.5 Å². The van der Waals surface area contributed by atoms with Gasteiger partial charge < -0.3 is 29.8 Å². The molecule has 2 aromatic carbocycles. The molecule has 2 fully saturated rings. The summed E-state index contributed by atoms with van der Waals surface area (Å²) in [5.74, 6) is -0.410. The lowest BCUT2D eigenvalue weighted by molar-refractivity contribution is -0.0214. The van der Waals surface area contributed by atoms with E-state index in [0.717, 1.165) is 5.69 Å². The minimum Gasteiger partial charge on any atom is -0.494 e.